The van der Waals surface area contributed by atoms with E-state index in [1.165, 1.54) is 6.42 Å². The highest BCUT2D eigenvalue weighted by Crippen LogP contribution is 2.28. The van der Waals surface area contributed by atoms with Gasteiger partial charge in [-0.3, -0.25) is 4.40 Å². The van der Waals surface area contributed by atoms with Gasteiger partial charge in [-0.05, 0) is 31.4 Å². The molecule has 2 aromatic heterocycles. The fraction of sp³-hybridized carbons (Fsp3) is 0.333. The Labute approximate surface area is 159 Å². The third-order valence-corrected chi connectivity index (χ3v) is 4.32. The van der Waals surface area contributed by atoms with Crippen molar-refractivity contribution < 1.29 is 9.84 Å². The molecule has 0 saturated heterocycles. The van der Waals surface area contributed by atoms with E-state index in [4.69, 9.17) is 10.5 Å². The average molecular weight is 364 g/mol. The number of phenolic OH excluding ortho intramolecular Hbond substituents is 1. The third kappa shape index (κ3) is 4.21. The second kappa shape index (κ2) is 8.56. The van der Waals surface area contributed by atoms with Gasteiger partial charge in [-0.25, -0.2) is 4.98 Å². The first-order chi connectivity index (χ1) is 13.2. The number of para-hydroxylation sites is 1. The van der Waals surface area contributed by atoms with Crippen LogP contribution in [0.4, 0.5) is 5.82 Å². The minimum absolute atomic E-state index is 0.173. The van der Waals surface area contributed by atoms with E-state index in [0.717, 1.165) is 12.8 Å². The molecule has 0 atom stereocenters. The monoisotopic (exact) mass is 364 g/mol. The number of ether oxygens (including phenoxy) is 1. The maximum Gasteiger partial charge on any atom is 0.236 e. The Morgan fingerprint density at radius 3 is 2.70 bits per heavy atom. The first-order valence-electron chi connectivity index (χ1n) is 9.25. The molecule has 6 nitrogen and oxygen atoms in total. The summed E-state index contributed by atoms with van der Waals surface area (Å²) in [6, 6.07) is 7.04. The highest BCUT2D eigenvalue weighted by Gasteiger charge is 2.16. The van der Waals surface area contributed by atoms with Gasteiger partial charge in [-0.2, -0.15) is 4.98 Å². The molecule has 0 aliphatic heterocycles. The second-order valence-electron chi connectivity index (χ2n) is 6.06. The number of hydrogen-bond donors (Lipinski definition) is 2. The molecular formula is C21H24N4O2. The minimum atomic E-state index is 0.173. The zero-order valence-electron chi connectivity index (χ0n) is 15.6. The molecule has 3 N–H and O–H groups in total. The predicted molar refractivity (Wildman–Crippen MR) is 106 cm³/mol. The molecular weight excluding hydrogens is 340 g/mol. The van der Waals surface area contributed by atoms with E-state index in [-0.39, 0.29) is 5.75 Å². The number of rotatable bonds is 3. The average Bonchev–Trinajstić information content (AvgIpc) is 3.04. The number of fused-ring (bicyclic) bond motifs is 1. The summed E-state index contributed by atoms with van der Waals surface area (Å²) in [6.45, 7) is 4.40. The summed E-state index contributed by atoms with van der Waals surface area (Å²) in [5, 5.41) is 9.98. The first kappa shape index (κ1) is 18.7. The van der Waals surface area contributed by atoms with E-state index in [1.54, 1.807) is 35.0 Å². The van der Waals surface area contributed by atoms with Crippen LogP contribution >= 0.6 is 0 Å². The summed E-state index contributed by atoms with van der Waals surface area (Å²) in [5.74, 6) is 6.97. The Balaban J connectivity index is 0.00000102. The maximum atomic E-state index is 9.98. The molecule has 140 valence electrons. The van der Waals surface area contributed by atoms with Gasteiger partial charge in [0.05, 0.1) is 17.4 Å². The Morgan fingerprint density at radius 2 is 2.00 bits per heavy atom. The van der Waals surface area contributed by atoms with E-state index in [1.807, 2.05) is 19.9 Å². The van der Waals surface area contributed by atoms with Crippen LogP contribution in [0.5, 0.6) is 5.75 Å². The second-order valence-corrected chi connectivity index (χ2v) is 6.06. The predicted octanol–water partition coefficient (Wildman–Crippen LogP) is 3.63. The number of phenols is 1. The van der Waals surface area contributed by atoms with Gasteiger partial charge in [-0.15, -0.1) is 0 Å². The van der Waals surface area contributed by atoms with Gasteiger partial charge in [0.25, 0.3) is 0 Å². The summed E-state index contributed by atoms with van der Waals surface area (Å²) >= 11 is 0. The molecule has 1 fully saturated rings. The lowest BCUT2D eigenvalue weighted by molar-refractivity contribution is 0.0217. The SMILES string of the molecule is CC.Nc1nc2nc(-c3ccccc3O)cn2cc1C#CCOC1CCC1. The minimum Gasteiger partial charge on any atom is -0.507 e. The third-order valence-electron chi connectivity index (χ3n) is 4.32. The Bertz CT molecular complexity index is 981. The number of benzene rings is 1. The standard InChI is InChI=1S/C19H18N4O2.C2H6/c20-18-13(5-4-10-25-14-6-3-7-14)11-23-12-16(21-19(23)22-18)15-8-1-2-9-17(15)24;1-2/h1-2,8-9,11-12,14,24H,3,6-7,10H2,(H2,20,21,22);1-2H3. The van der Waals surface area contributed by atoms with Crippen LogP contribution < -0.4 is 5.73 Å². The van der Waals surface area contributed by atoms with Crippen molar-refractivity contribution in [3.05, 3.63) is 42.2 Å². The summed E-state index contributed by atoms with van der Waals surface area (Å²) in [5.41, 5.74) is 7.89. The molecule has 1 saturated carbocycles. The molecule has 27 heavy (non-hydrogen) atoms. The van der Waals surface area contributed by atoms with Crippen LogP contribution in [0.1, 0.15) is 38.7 Å². The van der Waals surface area contributed by atoms with E-state index in [0.29, 0.717) is 41.1 Å². The lowest BCUT2D eigenvalue weighted by Gasteiger charge is -2.24. The fourth-order valence-electron chi connectivity index (χ4n) is 2.68. The first-order valence-corrected chi connectivity index (χ1v) is 9.25. The highest BCUT2D eigenvalue weighted by molar-refractivity contribution is 5.68. The molecule has 3 aromatic rings. The molecule has 0 bridgehead atoms. The molecule has 0 unspecified atom stereocenters. The van der Waals surface area contributed by atoms with Gasteiger partial charge in [0.2, 0.25) is 5.78 Å². The van der Waals surface area contributed by atoms with Crippen molar-refractivity contribution in [2.75, 3.05) is 12.3 Å². The van der Waals surface area contributed by atoms with Crippen molar-refractivity contribution in [3.8, 4) is 28.8 Å². The number of nitrogens with two attached hydrogens (primary N) is 1. The van der Waals surface area contributed by atoms with Gasteiger partial charge in [0.15, 0.2) is 0 Å². The van der Waals surface area contributed by atoms with E-state index < -0.39 is 0 Å². The molecule has 2 heterocycles. The van der Waals surface area contributed by atoms with Gasteiger partial charge < -0.3 is 15.6 Å². The largest absolute Gasteiger partial charge is 0.507 e. The quantitative estimate of drug-likeness (QED) is 0.693. The fourth-order valence-corrected chi connectivity index (χ4v) is 2.68. The summed E-state index contributed by atoms with van der Waals surface area (Å²) < 4.78 is 7.38. The smallest absolute Gasteiger partial charge is 0.236 e. The van der Waals surface area contributed by atoms with Gasteiger partial charge in [0.1, 0.15) is 18.2 Å². The summed E-state index contributed by atoms with van der Waals surface area (Å²) in [7, 11) is 0. The van der Waals surface area contributed by atoms with Gasteiger partial charge in [-0.1, -0.05) is 37.8 Å². The number of aromatic hydroxyl groups is 1. The Morgan fingerprint density at radius 1 is 1.22 bits per heavy atom. The van der Waals surface area contributed by atoms with Crippen molar-refractivity contribution in [1.82, 2.24) is 14.4 Å². The molecule has 4 rings (SSSR count). The lowest BCUT2D eigenvalue weighted by Crippen LogP contribution is -2.21. The van der Waals surface area contributed by atoms with Crippen molar-refractivity contribution in [2.24, 2.45) is 0 Å². The molecule has 0 spiro atoms. The summed E-state index contributed by atoms with van der Waals surface area (Å²) in [6.07, 6.45) is 7.45. The summed E-state index contributed by atoms with van der Waals surface area (Å²) in [4.78, 5) is 8.72. The van der Waals surface area contributed by atoms with Crippen molar-refractivity contribution in [2.45, 2.75) is 39.2 Å². The highest BCUT2D eigenvalue weighted by atomic mass is 16.5. The topological polar surface area (TPSA) is 85.7 Å². The van der Waals surface area contributed by atoms with Crippen LogP contribution in [-0.2, 0) is 4.74 Å². The van der Waals surface area contributed by atoms with Crippen LogP contribution in [0.2, 0.25) is 0 Å². The number of aromatic nitrogens is 3. The zero-order chi connectivity index (χ0) is 19.2. The molecule has 1 aliphatic carbocycles. The molecule has 6 heteroatoms. The Kier molecular flexibility index (Phi) is 5.94. The number of imidazole rings is 1. The van der Waals surface area contributed by atoms with Crippen LogP contribution in [-0.4, -0.2) is 32.2 Å². The molecule has 0 radical (unpaired) electrons. The van der Waals surface area contributed by atoms with Crippen LogP contribution in [0.3, 0.4) is 0 Å². The van der Waals surface area contributed by atoms with Crippen LogP contribution in [0, 0.1) is 11.8 Å². The molecule has 1 aromatic carbocycles. The van der Waals surface area contributed by atoms with Crippen molar-refractivity contribution >= 4 is 11.6 Å². The zero-order valence-corrected chi connectivity index (χ0v) is 15.6. The lowest BCUT2D eigenvalue weighted by atomic mass is 9.96. The number of hydrogen-bond acceptors (Lipinski definition) is 5. The normalized spacial score (nSPS) is 13.3. The van der Waals surface area contributed by atoms with E-state index in [2.05, 4.69) is 21.8 Å². The Hall–Kier alpha value is -3.04. The van der Waals surface area contributed by atoms with E-state index >= 15 is 0 Å². The van der Waals surface area contributed by atoms with Crippen molar-refractivity contribution in [3.63, 3.8) is 0 Å². The van der Waals surface area contributed by atoms with Crippen LogP contribution in [0.25, 0.3) is 17.0 Å². The van der Waals surface area contributed by atoms with Crippen LogP contribution in [0.15, 0.2) is 36.7 Å². The number of nitrogens with zero attached hydrogens (tertiary/aromatic N) is 3. The molecule has 1 aliphatic rings. The van der Waals surface area contributed by atoms with Crippen molar-refractivity contribution in [1.29, 1.82) is 0 Å². The number of anilines is 1. The maximum absolute atomic E-state index is 9.98. The van der Waals surface area contributed by atoms with E-state index in [9.17, 15) is 5.11 Å². The van der Waals surface area contributed by atoms with Gasteiger partial charge in [0, 0.05) is 18.0 Å². The molecule has 0 amide bonds. The number of nitrogen functional groups attached to an aromatic ring is 1. The van der Waals surface area contributed by atoms with Gasteiger partial charge >= 0.3 is 0 Å².